The van der Waals surface area contributed by atoms with E-state index in [4.69, 9.17) is 11.2 Å². The molecule has 140 valence electrons. The van der Waals surface area contributed by atoms with Crippen LogP contribution in [0.2, 0.25) is 0 Å². The highest BCUT2D eigenvalue weighted by atomic mass is 16.6. The Kier molecular flexibility index (Phi) is 3.92. The van der Waals surface area contributed by atoms with Crippen molar-refractivity contribution in [1.82, 2.24) is 0 Å². The number of hydrogen-bond acceptors (Lipinski definition) is 3. The molecule has 0 radical (unpaired) electrons. The molecule has 6 atom stereocenters. The van der Waals surface area contributed by atoms with Gasteiger partial charge < -0.3 is 4.74 Å². The molecule has 3 fully saturated rings. The summed E-state index contributed by atoms with van der Waals surface area (Å²) in [6.07, 6.45) is 15.7. The van der Waals surface area contributed by atoms with Crippen LogP contribution in [0.5, 0.6) is 0 Å². The molecule has 0 spiro atoms. The third kappa shape index (κ3) is 2.14. The average Bonchev–Trinajstić information content (AvgIpc) is 2.83. The highest BCUT2D eigenvalue weighted by Gasteiger charge is 2.69. The van der Waals surface area contributed by atoms with Crippen molar-refractivity contribution in [3.05, 3.63) is 11.6 Å². The summed E-state index contributed by atoms with van der Waals surface area (Å²) in [6, 6.07) is 0. The average molecular weight is 354 g/mol. The Morgan fingerprint density at radius 2 is 1.96 bits per heavy atom. The van der Waals surface area contributed by atoms with Crippen LogP contribution in [0.25, 0.3) is 0 Å². The number of carbonyl (C=O) groups excluding carboxylic acids is 2. The van der Waals surface area contributed by atoms with Crippen LogP contribution in [0.3, 0.4) is 0 Å². The molecule has 0 N–H and O–H groups in total. The first-order valence-electron chi connectivity index (χ1n) is 10.2. The van der Waals surface area contributed by atoms with Gasteiger partial charge in [0.25, 0.3) is 0 Å². The zero-order chi connectivity index (χ0) is 18.7. The highest BCUT2D eigenvalue weighted by molar-refractivity contribution is 5.91. The smallest absolute Gasteiger partial charge is 0.304 e. The van der Waals surface area contributed by atoms with Gasteiger partial charge in [-0.15, -0.1) is 6.42 Å². The van der Waals surface area contributed by atoms with Gasteiger partial charge in [0.2, 0.25) is 0 Å². The first-order chi connectivity index (χ1) is 12.3. The lowest BCUT2D eigenvalue weighted by atomic mass is 9.44. The summed E-state index contributed by atoms with van der Waals surface area (Å²) < 4.78 is 5.86. The predicted octanol–water partition coefficient (Wildman–Crippen LogP) is 4.45. The van der Waals surface area contributed by atoms with Gasteiger partial charge in [-0.1, -0.05) is 25.3 Å². The van der Waals surface area contributed by atoms with Crippen LogP contribution in [0.15, 0.2) is 11.6 Å². The molecule has 0 aromatic heterocycles. The summed E-state index contributed by atoms with van der Waals surface area (Å²) in [4.78, 5) is 23.7. The predicted molar refractivity (Wildman–Crippen MR) is 100 cm³/mol. The van der Waals surface area contributed by atoms with Crippen LogP contribution in [-0.2, 0) is 14.3 Å². The molecule has 4 rings (SSSR count). The van der Waals surface area contributed by atoms with Crippen LogP contribution in [-0.4, -0.2) is 17.4 Å². The minimum atomic E-state index is -0.767. The van der Waals surface area contributed by atoms with Gasteiger partial charge in [0.05, 0.1) is 0 Å². The number of allylic oxidation sites excluding steroid dienone is 1. The Morgan fingerprint density at radius 1 is 1.19 bits per heavy atom. The van der Waals surface area contributed by atoms with Crippen molar-refractivity contribution in [1.29, 1.82) is 0 Å². The van der Waals surface area contributed by atoms with E-state index in [1.54, 1.807) is 0 Å². The van der Waals surface area contributed by atoms with Crippen molar-refractivity contribution in [3.8, 4) is 12.3 Å². The number of ketones is 1. The lowest BCUT2D eigenvalue weighted by Gasteiger charge is -2.60. The number of esters is 1. The quantitative estimate of drug-likeness (QED) is 0.516. The molecule has 0 aromatic rings. The van der Waals surface area contributed by atoms with Gasteiger partial charge in [-0.2, -0.15) is 0 Å². The monoisotopic (exact) mass is 354 g/mol. The summed E-state index contributed by atoms with van der Waals surface area (Å²) >= 11 is 0. The molecule has 4 aliphatic carbocycles. The lowest BCUT2D eigenvalue weighted by molar-refractivity contribution is -0.178. The molecular weight excluding hydrogens is 324 g/mol. The van der Waals surface area contributed by atoms with E-state index >= 15 is 0 Å². The summed E-state index contributed by atoms with van der Waals surface area (Å²) in [5, 5.41) is 0. The lowest BCUT2D eigenvalue weighted by Crippen LogP contribution is -2.58. The SMILES string of the molecule is C#C[C@]1(OC(C)=O)CC[C@@]2(C)[C@@H]3CCC4=CC(=O)CC[C@@H]4C3CC[C@@]21C. The van der Waals surface area contributed by atoms with E-state index in [2.05, 4.69) is 19.8 Å². The Morgan fingerprint density at radius 3 is 2.65 bits per heavy atom. The van der Waals surface area contributed by atoms with Gasteiger partial charge in [0.1, 0.15) is 0 Å². The third-order valence-electron chi connectivity index (χ3n) is 8.80. The molecule has 1 unspecified atom stereocenters. The van der Waals surface area contributed by atoms with Crippen molar-refractivity contribution in [2.45, 2.75) is 77.7 Å². The molecule has 3 nitrogen and oxygen atoms in total. The van der Waals surface area contributed by atoms with Crippen molar-refractivity contribution in [2.75, 3.05) is 0 Å². The fourth-order valence-corrected chi connectivity index (χ4v) is 7.28. The van der Waals surface area contributed by atoms with Crippen molar-refractivity contribution in [3.63, 3.8) is 0 Å². The largest absolute Gasteiger partial charge is 0.445 e. The molecule has 3 heteroatoms. The fourth-order valence-electron chi connectivity index (χ4n) is 7.28. The second kappa shape index (κ2) is 5.72. The van der Waals surface area contributed by atoms with Gasteiger partial charge in [0, 0.05) is 18.8 Å². The standard InChI is InChI=1S/C23H30O3/c1-5-23(26-15(2)24)13-12-21(3)20-9-6-16-14-17(25)7-8-18(16)19(20)10-11-22(21,23)4/h1,14,18-20H,6-13H2,2-4H3/t18-,19?,20+,21-,22-,23-/m0/s1. The summed E-state index contributed by atoms with van der Waals surface area (Å²) in [7, 11) is 0. The second-order valence-corrected chi connectivity index (χ2v) is 9.49. The first kappa shape index (κ1) is 17.8. The third-order valence-corrected chi connectivity index (χ3v) is 8.80. The molecule has 3 saturated carbocycles. The molecule has 26 heavy (non-hydrogen) atoms. The van der Waals surface area contributed by atoms with Crippen LogP contribution >= 0.6 is 0 Å². The summed E-state index contributed by atoms with van der Waals surface area (Å²) in [5.74, 6) is 4.79. The van der Waals surface area contributed by atoms with Crippen molar-refractivity contribution in [2.24, 2.45) is 28.6 Å². The van der Waals surface area contributed by atoms with E-state index < -0.39 is 5.60 Å². The first-order valence-corrected chi connectivity index (χ1v) is 10.2. The van der Waals surface area contributed by atoms with Gasteiger partial charge in [-0.3, -0.25) is 9.59 Å². The minimum absolute atomic E-state index is 0.0880. The van der Waals surface area contributed by atoms with Gasteiger partial charge in [-0.05, 0) is 74.2 Å². The van der Waals surface area contributed by atoms with Crippen LogP contribution in [0.1, 0.15) is 72.1 Å². The van der Waals surface area contributed by atoms with E-state index in [9.17, 15) is 9.59 Å². The van der Waals surface area contributed by atoms with E-state index in [1.807, 2.05) is 6.08 Å². The fraction of sp³-hybridized carbons (Fsp3) is 0.739. The molecule has 0 aromatic carbocycles. The molecule has 0 heterocycles. The number of ether oxygens (including phenoxy) is 1. The molecule has 0 aliphatic heterocycles. The zero-order valence-electron chi connectivity index (χ0n) is 16.3. The number of hydrogen-bond donors (Lipinski definition) is 0. The summed E-state index contributed by atoms with van der Waals surface area (Å²) in [6.45, 7) is 6.14. The maximum absolute atomic E-state index is 11.9. The molecule has 4 aliphatic rings. The van der Waals surface area contributed by atoms with Crippen LogP contribution in [0, 0.1) is 40.9 Å². The number of rotatable bonds is 1. The van der Waals surface area contributed by atoms with Gasteiger partial charge >= 0.3 is 5.97 Å². The van der Waals surface area contributed by atoms with Crippen LogP contribution in [0.4, 0.5) is 0 Å². The van der Waals surface area contributed by atoms with Gasteiger partial charge in [-0.25, -0.2) is 0 Å². The number of terminal acetylenes is 1. The van der Waals surface area contributed by atoms with E-state index in [1.165, 1.54) is 12.5 Å². The summed E-state index contributed by atoms with van der Waals surface area (Å²) in [5.41, 5.74) is 0.547. The van der Waals surface area contributed by atoms with Crippen molar-refractivity contribution >= 4 is 11.8 Å². The normalized spacial score (nSPS) is 47.1. The Hall–Kier alpha value is -1.56. The van der Waals surface area contributed by atoms with Gasteiger partial charge in [0.15, 0.2) is 11.4 Å². The van der Waals surface area contributed by atoms with E-state index in [0.717, 1.165) is 44.9 Å². The maximum atomic E-state index is 11.9. The maximum Gasteiger partial charge on any atom is 0.304 e. The Balaban J connectivity index is 1.71. The highest BCUT2D eigenvalue weighted by Crippen LogP contribution is 2.71. The second-order valence-electron chi connectivity index (χ2n) is 9.49. The van der Waals surface area contributed by atoms with E-state index in [-0.39, 0.29) is 16.8 Å². The Labute approximate surface area is 156 Å². The van der Waals surface area contributed by atoms with E-state index in [0.29, 0.717) is 30.0 Å². The number of carbonyl (C=O) groups is 2. The molecular formula is C23H30O3. The van der Waals surface area contributed by atoms with Crippen molar-refractivity contribution < 1.29 is 14.3 Å². The topological polar surface area (TPSA) is 43.4 Å². The molecule has 0 saturated heterocycles. The molecule has 0 bridgehead atoms. The number of fused-ring (bicyclic) bond motifs is 5. The minimum Gasteiger partial charge on any atom is -0.445 e. The van der Waals surface area contributed by atoms with Crippen LogP contribution < -0.4 is 0 Å². The Bertz CT molecular complexity index is 728. The zero-order valence-corrected chi connectivity index (χ0v) is 16.3. The molecule has 0 amide bonds.